The monoisotopic (exact) mass is 272 g/mol. The SMILES string of the molecule is COCCC(C)Nc1cc(Cl)ccc1C(N)=S. The van der Waals surface area contributed by atoms with Crippen LogP contribution in [-0.2, 0) is 4.74 Å². The number of halogens is 1. The topological polar surface area (TPSA) is 47.3 Å². The summed E-state index contributed by atoms with van der Waals surface area (Å²) >= 11 is 11.0. The molecule has 94 valence electrons. The number of anilines is 1. The van der Waals surface area contributed by atoms with Crippen LogP contribution in [0.3, 0.4) is 0 Å². The maximum absolute atomic E-state index is 5.96. The van der Waals surface area contributed by atoms with Gasteiger partial charge >= 0.3 is 0 Å². The van der Waals surface area contributed by atoms with E-state index >= 15 is 0 Å². The van der Waals surface area contributed by atoms with E-state index in [9.17, 15) is 0 Å². The smallest absolute Gasteiger partial charge is 0.106 e. The van der Waals surface area contributed by atoms with Crippen LogP contribution in [0.5, 0.6) is 0 Å². The van der Waals surface area contributed by atoms with E-state index in [4.69, 9.17) is 34.3 Å². The molecule has 1 atom stereocenters. The second-order valence-corrected chi connectivity index (χ2v) is 4.76. The summed E-state index contributed by atoms with van der Waals surface area (Å²) in [6, 6.07) is 5.71. The van der Waals surface area contributed by atoms with Gasteiger partial charge in [0.25, 0.3) is 0 Å². The summed E-state index contributed by atoms with van der Waals surface area (Å²) in [7, 11) is 1.69. The fraction of sp³-hybridized carbons (Fsp3) is 0.417. The molecule has 17 heavy (non-hydrogen) atoms. The number of ether oxygens (including phenoxy) is 1. The number of hydrogen-bond donors (Lipinski definition) is 2. The molecule has 0 aliphatic carbocycles. The van der Waals surface area contributed by atoms with Crippen molar-refractivity contribution >= 4 is 34.5 Å². The van der Waals surface area contributed by atoms with Crippen LogP contribution in [0.25, 0.3) is 0 Å². The summed E-state index contributed by atoms with van der Waals surface area (Å²) in [5.74, 6) is 0. The van der Waals surface area contributed by atoms with Crippen LogP contribution in [0.2, 0.25) is 5.02 Å². The summed E-state index contributed by atoms with van der Waals surface area (Å²) in [5, 5.41) is 3.99. The molecule has 5 heteroatoms. The van der Waals surface area contributed by atoms with Crippen LogP contribution in [0, 0.1) is 0 Å². The van der Waals surface area contributed by atoms with Gasteiger partial charge in [0.2, 0.25) is 0 Å². The van der Waals surface area contributed by atoms with Crippen molar-refractivity contribution in [2.75, 3.05) is 19.0 Å². The molecule has 3 nitrogen and oxygen atoms in total. The lowest BCUT2D eigenvalue weighted by atomic mass is 10.1. The number of benzene rings is 1. The Balaban J connectivity index is 2.81. The van der Waals surface area contributed by atoms with E-state index in [1.807, 2.05) is 12.1 Å². The van der Waals surface area contributed by atoms with E-state index in [0.717, 1.165) is 17.7 Å². The highest BCUT2D eigenvalue weighted by Gasteiger charge is 2.09. The Morgan fingerprint density at radius 1 is 1.59 bits per heavy atom. The first-order valence-electron chi connectivity index (χ1n) is 5.39. The van der Waals surface area contributed by atoms with Gasteiger partial charge in [-0.1, -0.05) is 23.8 Å². The quantitative estimate of drug-likeness (QED) is 0.782. The molecule has 0 aliphatic rings. The zero-order valence-corrected chi connectivity index (χ0v) is 11.6. The van der Waals surface area contributed by atoms with E-state index in [0.29, 0.717) is 16.6 Å². The first kappa shape index (κ1) is 14.2. The molecular weight excluding hydrogens is 256 g/mol. The van der Waals surface area contributed by atoms with Gasteiger partial charge in [-0.15, -0.1) is 0 Å². The fourth-order valence-corrected chi connectivity index (χ4v) is 1.83. The van der Waals surface area contributed by atoms with Crippen molar-refractivity contribution in [3.63, 3.8) is 0 Å². The summed E-state index contributed by atoms with van der Waals surface area (Å²) in [6.45, 7) is 2.78. The van der Waals surface area contributed by atoms with Crippen molar-refractivity contribution in [1.29, 1.82) is 0 Å². The predicted molar refractivity (Wildman–Crippen MR) is 76.9 cm³/mol. The van der Waals surface area contributed by atoms with Gasteiger partial charge in [-0.25, -0.2) is 0 Å². The van der Waals surface area contributed by atoms with Crippen LogP contribution >= 0.6 is 23.8 Å². The Labute approximate surface area is 112 Å². The van der Waals surface area contributed by atoms with Crippen LogP contribution in [-0.4, -0.2) is 24.7 Å². The van der Waals surface area contributed by atoms with Crippen LogP contribution in [0.4, 0.5) is 5.69 Å². The number of rotatable bonds is 6. The van der Waals surface area contributed by atoms with Gasteiger partial charge in [0, 0.05) is 36.0 Å². The largest absolute Gasteiger partial charge is 0.389 e. The number of nitrogens with two attached hydrogens (primary N) is 1. The molecule has 3 N–H and O–H groups in total. The highest BCUT2D eigenvalue weighted by molar-refractivity contribution is 7.80. The van der Waals surface area contributed by atoms with Gasteiger partial charge < -0.3 is 15.8 Å². The normalized spacial score (nSPS) is 12.2. The van der Waals surface area contributed by atoms with Crippen molar-refractivity contribution < 1.29 is 4.74 Å². The Morgan fingerprint density at radius 3 is 2.88 bits per heavy atom. The van der Waals surface area contributed by atoms with E-state index in [1.165, 1.54) is 0 Å². The molecule has 0 bridgehead atoms. The fourth-order valence-electron chi connectivity index (χ4n) is 1.48. The summed E-state index contributed by atoms with van der Waals surface area (Å²) in [6.07, 6.45) is 0.903. The Bertz CT molecular complexity index is 398. The van der Waals surface area contributed by atoms with Gasteiger partial charge in [-0.05, 0) is 31.5 Å². The molecule has 0 fully saturated rings. The van der Waals surface area contributed by atoms with Crippen molar-refractivity contribution in [3.05, 3.63) is 28.8 Å². The Kier molecular flexibility index (Phi) is 5.68. The Morgan fingerprint density at radius 2 is 2.29 bits per heavy atom. The molecule has 0 heterocycles. The zero-order valence-electron chi connectivity index (χ0n) is 10.00. The van der Waals surface area contributed by atoms with Gasteiger partial charge in [0.15, 0.2) is 0 Å². The van der Waals surface area contributed by atoms with E-state index in [-0.39, 0.29) is 6.04 Å². The molecule has 0 radical (unpaired) electrons. The van der Waals surface area contributed by atoms with Gasteiger partial charge in [0.1, 0.15) is 4.99 Å². The Hall–Kier alpha value is -0.840. The number of hydrogen-bond acceptors (Lipinski definition) is 3. The summed E-state index contributed by atoms with van der Waals surface area (Å²) < 4.78 is 5.04. The molecule has 0 saturated carbocycles. The van der Waals surface area contributed by atoms with Gasteiger partial charge in [-0.3, -0.25) is 0 Å². The van der Waals surface area contributed by atoms with Crippen LogP contribution < -0.4 is 11.1 Å². The molecule has 0 aromatic heterocycles. The third-order valence-corrected chi connectivity index (χ3v) is 2.86. The van der Waals surface area contributed by atoms with Crippen molar-refractivity contribution in [2.45, 2.75) is 19.4 Å². The minimum absolute atomic E-state index is 0.265. The van der Waals surface area contributed by atoms with E-state index in [1.54, 1.807) is 13.2 Å². The molecule has 0 saturated heterocycles. The number of methoxy groups -OCH3 is 1. The maximum atomic E-state index is 5.96. The molecule has 1 rings (SSSR count). The standard InChI is InChI=1S/C12H17ClN2OS/c1-8(5-6-16-2)15-11-7-9(13)3-4-10(11)12(14)17/h3-4,7-8,15H,5-6H2,1-2H3,(H2,14,17). The lowest BCUT2D eigenvalue weighted by Gasteiger charge is -2.17. The van der Waals surface area contributed by atoms with Crippen LogP contribution in [0.1, 0.15) is 18.9 Å². The molecule has 1 unspecified atom stereocenters. The lowest BCUT2D eigenvalue weighted by Crippen LogP contribution is -2.20. The van der Waals surface area contributed by atoms with Crippen molar-refractivity contribution in [3.8, 4) is 0 Å². The number of nitrogens with one attached hydrogen (secondary N) is 1. The van der Waals surface area contributed by atoms with Gasteiger partial charge in [-0.2, -0.15) is 0 Å². The number of thiocarbonyl (C=S) groups is 1. The van der Waals surface area contributed by atoms with Crippen LogP contribution in [0.15, 0.2) is 18.2 Å². The summed E-state index contributed by atoms with van der Waals surface area (Å²) in [5.41, 5.74) is 7.35. The average Bonchev–Trinajstić information content (AvgIpc) is 2.26. The molecule has 0 amide bonds. The zero-order chi connectivity index (χ0) is 12.8. The second-order valence-electron chi connectivity index (χ2n) is 3.88. The second kappa shape index (κ2) is 6.79. The minimum Gasteiger partial charge on any atom is -0.389 e. The van der Waals surface area contributed by atoms with E-state index in [2.05, 4.69) is 12.2 Å². The van der Waals surface area contributed by atoms with Crippen molar-refractivity contribution in [1.82, 2.24) is 0 Å². The van der Waals surface area contributed by atoms with E-state index < -0.39 is 0 Å². The summed E-state index contributed by atoms with van der Waals surface area (Å²) in [4.78, 5) is 0.364. The third-order valence-electron chi connectivity index (χ3n) is 2.40. The van der Waals surface area contributed by atoms with Crippen molar-refractivity contribution in [2.24, 2.45) is 5.73 Å². The van der Waals surface area contributed by atoms with Gasteiger partial charge in [0.05, 0.1) is 0 Å². The first-order chi connectivity index (χ1) is 8.04. The molecular formula is C12H17ClN2OS. The lowest BCUT2D eigenvalue weighted by molar-refractivity contribution is 0.191. The third kappa shape index (κ3) is 4.50. The predicted octanol–water partition coefficient (Wildman–Crippen LogP) is 2.81. The average molecular weight is 273 g/mol. The highest BCUT2D eigenvalue weighted by Crippen LogP contribution is 2.22. The maximum Gasteiger partial charge on any atom is 0.106 e. The minimum atomic E-state index is 0.265. The first-order valence-corrected chi connectivity index (χ1v) is 6.18. The molecule has 0 aliphatic heterocycles. The molecule has 1 aromatic rings. The highest BCUT2D eigenvalue weighted by atomic mass is 35.5. The molecule has 0 spiro atoms. The molecule has 1 aromatic carbocycles.